The summed E-state index contributed by atoms with van der Waals surface area (Å²) >= 11 is 0. The summed E-state index contributed by atoms with van der Waals surface area (Å²) in [6, 6.07) is 8.21. The van der Waals surface area contributed by atoms with E-state index in [1.165, 1.54) is 20.0 Å². The Morgan fingerprint density at radius 1 is 1.04 bits per heavy atom. The summed E-state index contributed by atoms with van der Waals surface area (Å²) < 4.78 is 10.1. The SMILES string of the molecule is CN1CCC(Nc2ccc(NC=C3C(=O)OC(C)(C)OC3=O)cc2)CC1. The van der Waals surface area contributed by atoms with Crippen molar-refractivity contribution in [1.82, 2.24) is 4.90 Å². The summed E-state index contributed by atoms with van der Waals surface area (Å²) in [5.74, 6) is -2.62. The zero-order valence-corrected chi connectivity index (χ0v) is 15.4. The summed E-state index contributed by atoms with van der Waals surface area (Å²) in [7, 11) is 2.14. The molecule has 0 radical (unpaired) electrons. The van der Waals surface area contributed by atoms with Gasteiger partial charge >= 0.3 is 11.9 Å². The maximum atomic E-state index is 11.9. The number of nitrogens with zero attached hydrogens (tertiary/aromatic N) is 1. The number of cyclic esters (lactones) is 2. The normalized spacial score (nSPS) is 21.0. The van der Waals surface area contributed by atoms with E-state index in [1.54, 1.807) is 0 Å². The molecule has 0 atom stereocenters. The molecule has 7 heteroatoms. The largest absolute Gasteiger partial charge is 0.419 e. The van der Waals surface area contributed by atoms with Crippen molar-refractivity contribution < 1.29 is 19.1 Å². The van der Waals surface area contributed by atoms with Gasteiger partial charge in [0.05, 0.1) is 0 Å². The molecule has 2 aliphatic heterocycles. The third-order valence-electron chi connectivity index (χ3n) is 4.47. The molecule has 2 saturated heterocycles. The van der Waals surface area contributed by atoms with E-state index in [9.17, 15) is 9.59 Å². The number of rotatable bonds is 4. The van der Waals surface area contributed by atoms with Gasteiger partial charge in [-0.2, -0.15) is 0 Å². The number of hydrogen-bond donors (Lipinski definition) is 2. The highest BCUT2D eigenvalue weighted by Crippen LogP contribution is 2.23. The number of carbonyl (C=O) groups is 2. The van der Waals surface area contributed by atoms with Crippen LogP contribution in [-0.2, 0) is 19.1 Å². The number of anilines is 2. The van der Waals surface area contributed by atoms with Crippen LogP contribution in [0, 0.1) is 0 Å². The smallest absolute Gasteiger partial charge is 0.350 e. The highest BCUT2D eigenvalue weighted by Gasteiger charge is 2.38. The number of hydrogen-bond acceptors (Lipinski definition) is 7. The lowest BCUT2D eigenvalue weighted by Gasteiger charge is -2.30. The first-order chi connectivity index (χ1) is 12.3. The molecule has 0 aliphatic carbocycles. The van der Waals surface area contributed by atoms with Crippen LogP contribution in [0.2, 0.25) is 0 Å². The van der Waals surface area contributed by atoms with E-state index < -0.39 is 17.7 Å². The minimum atomic E-state index is -1.23. The Balaban J connectivity index is 1.57. The second-order valence-electron chi connectivity index (χ2n) is 7.18. The molecule has 0 amide bonds. The van der Waals surface area contributed by atoms with E-state index in [1.807, 2.05) is 24.3 Å². The molecular weight excluding hydrogens is 334 g/mol. The first-order valence-electron chi connectivity index (χ1n) is 8.81. The molecule has 2 aliphatic rings. The van der Waals surface area contributed by atoms with Gasteiger partial charge in [0.25, 0.3) is 5.79 Å². The Morgan fingerprint density at radius 2 is 1.58 bits per heavy atom. The molecule has 0 unspecified atom stereocenters. The lowest BCUT2D eigenvalue weighted by molar-refractivity contribution is -0.222. The zero-order chi connectivity index (χ0) is 18.7. The number of piperidine rings is 1. The van der Waals surface area contributed by atoms with Crippen molar-refractivity contribution in [3.05, 3.63) is 36.0 Å². The third kappa shape index (κ3) is 4.54. The Morgan fingerprint density at radius 3 is 2.15 bits per heavy atom. The van der Waals surface area contributed by atoms with E-state index in [4.69, 9.17) is 9.47 Å². The van der Waals surface area contributed by atoms with Crippen molar-refractivity contribution in [1.29, 1.82) is 0 Å². The Kier molecular flexibility index (Phi) is 5.18. The van der Waals surface area contributed by atoms with E-state index in [-0.39, 0.29) is 5.57 Å². The molecule has 26 heavy (non-hydrogen) atoms. The van der Waals surface area contributed by atoms with Gasteiger partial charge in [0, 0.05) is 37.5 Å². The fourth-order valence-electron chi connectivity index (χ4n) is 2.99. The average Bonchev–Trinajstić information content (AvgIpc) is 2.56. The quantitative estimate of drug-likeness (QED) is 0.485. The predicted octanol–water partition coefficient (Wildman–Crippen LogP) is 2.32. The van der Waals surface area contributed by atoms with Gasteiger partial charge in [-0.25, -0.2) is 9.59 Å². The van der Waals surface area contributed by atoms with Crippen LogP contribution in [-0.4, -0.2) is 48.8 Å². The van der Waals surface area contributed by atoms with Gasteiger partial charge in [-0.3, -0.25) is 0 Å². The van der Waals surface area contributed by atoms with Gasteiger partial charge in [0.2, 0.25) is 0 Å². The van der Waals surface area contributed by atoms with Crippen molar-refractivity contribution >= 4 is 23.3 Å². The minimum Gasteiger partial charge on any atom is -0.419 e. The van der Waals surface area contributed by atoms with E-state index in [0.29, 0.717) is 6.04 Å². The van der Waals surface area contributed by atoms with E-state index >= 15 is 0 Å². The summed E-state index contributed by atoms with van der Waals surface area (Å²) in [5.41, 5.74) is 1.66. The summed E-state index contributed by atoms with van der Waals surface area (Å²) in [5, 5.41) is 6.48. The molecule has 0 bridgehead atoms. The Hall–Kier alpha value is -2.54. The second kappa shape index (κ2) is 7.37. The van der Waals surface area contributed by atoms with Crippen molar-refractivity contribution in [2.24, 2.45) is 0 Å². The fourth-order valence-corrected chi connectivity index (χ4v) is 2.99. The van der Waals surface area contributed by atoms with Crippen LogP contribution < -0.4 is 10.6 Å². The number of ether oxygens (including phenoxy) is 2. The van der Waals surface area contributed by atoms with Crippen LogP contribution >= 0.6 is 0 Å². The molecule has 0 saturated carbocycles. The highest BCUT2D eigenvalue weighted by atomic mass is 16.7. The molecule has 0 aromatic heterocycles. The highest BCUT2D eigenvalue weighted by molar-refractivity contribution is 6.15. The van der Waals surface area contributed by atoms with Crippen LogP contribution in [0.25, 0.3) is 0 Å². The lowest BCUT2D eigenvalue weighted by Crippen LogP contribution is -2.42. The molecule has 140 valence electrons. The zero-order valence-electron chi connectivity index (χ0n) is 15.4. The van der Waals surface area contributed by atoms with Gasteiger partial charge in [-0.15, -0.1) is 0 Å². The van der Waals surface area contributed by atoms with E-state index in [0.717, 1.165) is 37.3 Å². The molecule has 2 heterocycles. The molecule has 2 fully saturated rings. The molecular formula is C19H25N3O4. The van der Waals surface area contributed by atoms with Gasteiger partial charge in [-0.1, -0.05) is 0 Å². The van der Waals surface area contributed by atoms with Gasteiger partial charge in [0.15, 0.2) is 5.57 Å². The number of nitrogens with one attached hydrogen (secondary N) is 2. The summed E-state index contributed by atoms with van der Waals surface area (Å²) in [6.07, 6.45) is 3.58. The Bertz CT molecular complexity index is 682. The number of benzene rings is 1. The maximum absolute atomic E-state index is 11.9. The maximum Gasteiger partial charge on any atom is 0.350 e. The van der Waals surface area contributed by atoms with Gasteiger partial charge in [-0.05, 0) is 57.2 Å². The lowest BCUT2D eigenvalue weighted by atomic mass is 10.1. The second-order valence-corrected chi connectivity index (χ2v) is 7.18. The van der Waals surface area contributed by atoms with E-state index in [2.05, 4.69) is 22.6 Å². The molecule has 1 aromatic rings. The standard InChI is InChI=1S/C19H25N3O4/c1-19(2)25-17(23)16(18(24)26-19)12-20-13-4-6-14(7-5-13)21-15-8-10-22(3)11-9-15/h4-7,12,15,20-21H,8-11H2,1-3H3. The number of esters is 2. The average molecular weight is 359 g/mol. The fraction of sp³-hybridized carbons (Fsp3) is 0.474. The summed E-state index contributed by atoms with van der Waals surface area (Å²) in [6.45, 7) is 5.24. The van der Waals surface area contributed by atoms with Crippen molar-refractivity contribution in [3.63, 3.8) is 0 Å². The molecule has 0 spiro atoms. The molecule has 7 nitrogen and oxygen atoms in total. The van der Waals surface area contributed by atoms with Crippen LogP contribution in [0.4, 0.5) is 11.4 Å². The van der Waals surface area contributed by atoms with Gasteiger partial charge in [0.1, 0.15) is 0 Å². The molecule has 1 aromatic carbocycles. The van der Waals surface area contributed by atoms with Gasteiger partial charge < -0.3 is 25.0 Å². The van der Waals surface area contributed by atoms with Crippen molar-refractivity contribution in [3.8, 4) is 0 Å². The number of likely N-dealkylation sites (tertiary alicyclic amines) is 1. The van der Waals surface area contributed by atoms with Crippen LogP contribution in [0.15, 0.2) is 36.0 Å². The van der Waals surface area contributed by atoms with Crippen LogP contribution in [0.1, 0.15) is 26.7 Å². The molecule has 3 rings (SSSR count). The minimum absolute atomic E-state index is 0.155. The topological polar surface area (TPSA) is 79.9 Å². The monoisotopic (exact) mass is 359 g/mol. The van der Waals surface area contributed by atoms with Crippen molar-refractivity contribution in [2.45, 2.75) is 38.5 Å². The first-order valence-corrected chi connectivity index (χ1v) is 8.81. The molecule has 2 N–H and O–H groups in total. The third-order valence-corrected chi connectivity index (χ3v) is 4.47. The first kappa shape index (κ1) is 18.3. The van der Waals surface area contributed by atoms with Crippen molar-refractivity contribution in [2.75, 3.05) is 30.8 Å². The van der Waals surface area contributed by atoms with Crippen LogP contribution in [0.5, 0.6) is 0 Å². The Labute approximate surface area is 153 Å². The summed E-state index contributed by atoms with van der Waals surface area (Å²) in [4.78, 5) is 26.1. The van der Waals surface area contributed by atoms with Crippen LogP contribution in [0.3, 0.4) is 0 Å². The predicted molar refractivity (Wildman–Crippen MR) is 98.6 cm³/mol. The number of carbonyl (C=O) groups excluding carboxylic acids is 2.